The zero-order chi connectivity index (χ0) is 22.2. The molecular formula is C24H29BrN2O4. The van der Waals surface area contributed by atoms with Crippen molar-refractivity contribution in [3.8, 4) is 39.6 Å². The molecule has 0 amide bonds. The van der Waals surface area contributed by atoms with Gasteiger partial charge in [0, 0.05) is 11.6 Å². The molecule has 0 aliphatic carbocycles. The Morgan fingerprint density at radius 2 is 1.61 bits per heavy atom. The summed E-state index contributed by atoms with van der Waals surface area (Å²) in [6.45, 7) is 5.52. The molecule has 6 nitrogen and oxygen atoms in total. The van der Waals surface area contributed by atoms with E-state index in [2.05, 4.69) is 34.9 Å². The molecule has 2 N–H and O–H groups in total. The van der Waals surface area contributed by atoms with Gasteiger partial charge in [-0.2, -0.15) is 0 Å². The number of nitrogens with two attached hydrogens (primary N) is 1. The van der Waals surface area contributed by atoms with E-state index in [1.54, 1.807) is 7.11 Å². The lowest BCUT2D eigenvalue weighted by Crippen LogP contribution is -2.02. The molecule has 0 saturated heterocycles. The molecular weight excluding hydrogens is 460 g/mol. The first-order valence-electron chi connectivity index (χ1n) is 10.6. The highest BCUT2D eigenvalue weighted by atomic mass is 79.9. The van der Waals surface area contributed by atoms with E-state index in [4.69, 9.17) is 24.5 Å². The number of unbranched alkanes of at least 4 members (excludes halogenated alkanes) is 2. The first kappa shape index (κ1) is 23.0. The quantitative estimate of drug-likeness (QED) is 0.301. The first-order chi connectivity index (χ1) is 15.1. The highest BCUT2D eigenvalue weighted by molar-refractivity contribution is 9.10. The Kier molecular flexibility index (Phi) is 8.23. The molecule has 0 saturated carbocycles. The smallest absolute Gasteiger partial charge is 0.230 e. The van der Waals surface area contributed by atoms with Gasteiger partial charge in [-0.1, -0.05) is 44.0 Å². The molecule has 0 unspecified atom stereocenters. The Hall–Kier alpha value is -2.67. The maximum Gasteiger partial charge on any atom is 0.230 e. The van der Waals surface area contributed by atoms with Crippen molar-refractivity contribution in [2.24, 2.45) is 0 Å². The zero-order valence-electron chi connectivity index (χ0n) is 18.2. The van der Waals surface area contributed by atoms with Gasteiger partial charge in [-0.05, 0) is 52.5 Å². The van der Waals surface area contributed by atoms with E-state index in [0.717, 1.165) is 58.3 Å². The number of nitrogens with zero attached hydrogens (tertiary/aromatic N) is 1. The monoisotopic (exact) mass is 488 g/mol. The predicted octanol–water partition coefficient (Wildman–Crippen LogP) is 6.72. The van der Waals surface area contributed by atoms with E-state index in [-0.39, 0.29) is 5.88 Å². The first-order valence-corrected chi connectivity index (χ1v) is 11.4. The van der Waals surface area contributed by atoms with Gasteiger partial charge in [-0.3, -0.25) is 0 Å². The minimum absolute atomic E-state index is 0.249. The van der Waals surface area contributed by atoms with Crippen LogP contribution in [-0.4, -0.2) is 25.5 Å². The number of nitrogen functional groups attached to an aromatic ring is 1. The highest BCUT2D eigenvalue weighted by Gasteiger charge is 2.22. The highest BCUT2D eigenvalue weighted by Crippen LogP contribution is 2.44. The van der Waals surface area contributed by atoms with E-state index >= 15 is 0 Å². The molecule has 0 radical (unpaired) electrons. The largest absolute Gasteiger partial charge is 0.497 e. The average Bonchev–Trinajstić information content (AvgIpc) is 3.17. The van der Waals surface area contributed by atoms with Crippen LogP contribution in [0.5, 0.6) is 17.2 Å². The van der Waals surface area contributed by atoms with Crippen molar-refractivity contribution >= 4 is 21.8 Å². The third-order valence-corrected chi connectivity index (χ3v) is 5.52. The van der Waals surface area contributed by atoms with Crippen LogP contribution in [0.3, 0.4) is 0 Å². The summed E-state index contributed by atoms with van der Waals surface area (Å²) < 4.78 is 23.6. The van der Waals surface area contributed by atoms with E-state index in [1.165, 1.54) is 0 Å². The van der Waals surface area contributed by atoms with Crippen LogP contribution >= 0.6 is 15.9 Å². The summed E-state index contributed by atoms with van der Waals surface area (Å²) in [5, 5.41) is 4.27. The summed E-state index contributed by atoms with van der Waals surface area (Å²) in [6, 6.07) is 11.5. The SMILES string of the molecule is CCCCOc1cc(OCCCC)c(-c2noc(N)c2-c2ccc(OC)cc2)cc1Br. The third kappa shape index (κ3) is 5.53. The lowest BCUT2D eigenvalue weighted by Gasteiger charge is -2.15. The van der Waals surface area contributed by atoms with E-state index in [0.29, 0.717) is 24.7 Å². The lowest BCUT2D eigenvalue weighted by atomic mass is 10.00. The Balaban J connectivity index is 2.05. The van der Waals surface area contributed by atoms with Crippen LogP contribution in [0.1, 0.15) is 39.5 Å². The molecule has 0 aliphatic rings. The Bertz CT molecular complexity index is 986. The molecule has 2 aromatic carbocycles. The van der Waals surface area contributed by atoms with Crippen molar-refractivity contribution in [3.05, 3.63) is 40.9 Å². The second-order valence-electron chi connectivity index (χ2n) is 7.18. The second-order valence-corrected chi connectivity index (χ2v) is 8.04. The van der Waals surface area contributed by atoms with E-state index in [9.17, 15) is 0 Å². The number of anilines is 1. The van der Waals surface area contributed by atoms with Gasteiger partial charge in [0.1, 0.15) is 22.9 Å². The molecule has 3 rings (SSSR count). The molecule has 1 aromatic heterocycles. The number of ether oxygens (including phenoxy) is 3. The van der Waals surface area contributed by atoms with Crippen molar-refractivity contribution in [3.63, 3.8) is 0 Å². The number of hydrogen-bond donors (Lipinski definition) is 1. The van der Waals surface area contributed by atoms with Crippen LogP contribution in [-0.2, 0) is 0 Å². The summed E-state index contributed by atoms with van der Waals surface area (Å²) in [4.78, 5) is 0. The Morgan fingerprint density at radius 1 is 0.968 bits per heavy atom. The second kappa shape index (κ2) is 11.1. The Labute approximate surface area is 191 Å². The fourth-order valence-corrected chi connectivity index (χ4v) is 3.58. The molecule has 0 fully saturated rings. The van der Waals surface area contributed by atoms with Gasteiger partial charge in [-0.15, -0.1) is 0 Å². The van der Waals surface area contributed by atoms with Gasteiger partial charge in [0.2, 0.25) is 5.88 Å². The normalized spacial score (nSPS) is 10.8. The minimum atomic E-state index is 0.249. The molecule has 0 atom stereocenters. The summed E-state index contributed by atoms with van der Waals surface area (Å²) >= 11 is 3.63. The number of rotatable bonds is 11. The third-order valence-electron chi connectivity index (χ3n) is 4.90. The fraction of sp³-hybridized carbons (Fsp3) is 0.375. The number of halogens is 1. The summed E-state index contributed by atoms with van der Waals surface area (Å²) in [5.74, 6) is 2.44. The van der Waals surface area contributed by atoms with Crippen molar-refractivity contribution in [2.75, 3.05) is 26.1 Å². The summed E-state index contributed by atoms with van der Waals surface area (Å²) in [5.41, 5.74) is 9.17. The Morgan fingerprint density at radius 3 is 2.23 bits per heavy atom. The number of hydrogen-bond acceptors (Lipinski definition) is 6. The van der Waals surface area contributed by atoms with Crippen LogP contribution in [0.15, 0.2) is 45.4 Å². The maximum atomic E-state index is 6.16. The molecule has 0 spiro atoms. The number of methoxy groups -OCH3 is 1. The van der Waals surface area contributed by atoms with Gasteiger partial charge in [0.05, 0.1) is 30.4 Å². The fourth-order valence-electron chi connectivity index (χ4n) is 3.13. The predicted molar refractivity (Wildman–Crippen MR) is 127 cm³/mol. The number of benzene rings is 2. The van der Waals surface area contributed by atoms with Crippen LogP contribution in [0.25, 0.3) is 22.4 Å². The van der Waals surface area contributed by atoms with Crippen molar-refractivity contribution in [1.82, 2.24) is 5.16 Å². The van der Waals surface area contributed by atoms with Gasteiger partial charge >= 0.3 is 0 Å². The molecule has 31 heavy (non-hydrogen) atoms. The van der Waals surface area contributed by atoms with Crippen molar-refractivity contribution in [1.29, 1.82) is 0 Å². The molecule has 0 bridgehead atoms. The standard InChI is InChI=1S/C24H29BrN2O4/c1-4-6-12-29-20-15-21(30-13-7-5-2)19(25)14-18(20)23-22(24(26)31-27-23)16-8-10-17(28-3)11-9-16/h8-11,14-15H,4-7,12-13,26H2,1-3H3. The van der Waals surface area contributed by atoms with Crippen molar-refractivity contribution in [2.45, 2.75) is 39.5 Å². The molecule has 1 heterocycles. The van der Waals surface area contributed by atoms with Gasteiger partial charge in [-0.25, -0.2) is 0 Å². The van der Waals surface area contributed by atoms with Gasteiger partial charge in [0.15, 0.2) is 0 Å². The van der Waals surface area contributed by atoms with E-state index < -0.39 is 0 Å². The topological polar surface area (TPSA) is 79.7 Å². The van der Waals surface area contributed by atoms with Crippen molar-refractivity contribution < 1.29 is 18.7 Å². The number of aromatic nitrogens is 1. The summed E-state index contributed by atoms with van der Waals surface area (Å²) in [6.07, 6.45) is 4.05. The van der Waals surface area contributed by atoms with Crippen LogP contribution in [0.4, 0.5) is 5.88 Å². The molecule has 3 aromatic rings. The van der Waals surface area contributed by atoms with E-state index in [1.807, 2.05) is 36.4 Å². The maximum absolute atomic E-state index is 6.16. The average molecular weight is 489 g/mol. The minimum Gasteiger partial charge on any atom is -0.497 e. The molecule has 166 valence electrons. The molecule has 0 aliphatic heterocycles. The van der Waals surface area contributed by atoms with Gasteiger partial charge < -0.3 is 24.5 Å². The molecule has 7 heteroatoms. The van der Waals surface area contributed by atoms with Crippen LogP contribution in [0.2, 0.25) is 0 Å². The van der Waals surface area contributed by atoms with Gasteiger partial charge in [0.25, 0.3) is 0 Å². The van der Waals surface area contributed by atoms with Crippen LogP contribution in [0, 0.1) is 0 Å². The lowest BCUT2D eigenvalue weighted by molar-refractivity contribution is 0.293. The zero-order valence-corrected chi connectivity index (χ0v) is 19.8. The van der Waals surface area contributed by atoms with Crippen LogP contribution < -0.4 is 19.9 Å². The summed E-state index contributed by atoms with van der Waals surface area (Å²) in [7, 11) is 1.63.